The van der Waals surface area contributed by atoms with Crippen molar-refractivity contribution in [1.29, 1.82) is 5.41 Å². The van der Waals surface area contributed by atoms with Gasteiger partial charge in [0.2, 0.25) is 0 Å². The molecule has 0 saturated carbocycles. The monoisotopic (exact) mass is 213 g/mol. The van der Waals surface area contributed by atoms with Crippen LogP contribution in [-0.4, -0.2) is 49.0 Å². The van der Waals surface area contributed by atoms with E-state index in [0.717, 1.165) is 19.4 Å². The molecule has 2 heterocycles. The Morgan fingerprint density at radius 2 is 2.53 bits per heavy atom. The second-order valence-corrected chi connectivity index (χ2v) is 4.33. The van der Waals surface area contributed by atoms with Gasteiger partial charge in [-0.3, -0.25) is 4.90 Å². The number of ether oxygens (including phenoxy) is 1. The lowest BCUT2D eigenvalue weighted by atomic mass is 9.95. The first-order valence-electron chi connectivity index (χ1n) is 5.23. The van der Waals surface area contributed by atoms with Crippen LogP contribution < -0.4 is 0 Å². The summed E-state index contributed by atoms with van der Waals surface area (Å²) in [5, 5.41) is 7.24. The van der Waals surface area contributed by atoms with E-state index in [2.05, 4.69) is 16.6 Å². The van der Waals surface area contributed by atoms with Gasteiger partial charge in [-0.05, 0) is 26.1 Å². The highest BCUT2D eigenvalue weighted by atomic mass is 19.1. The van der Waals surface area contributed by atoms with E-state index in [4.69, 9.17) is 10.1 Å². The van der Waals surface area contributed by atoms with E-state index in [1.807, 2.05) is 0 Å². The molecule has 2 saturated heterocycles. The predicted molar refractivity (Wildman–Crippen MR) is 56.3 cm³/mol. The van der Waals surface area contributed by atoms with E-state index in [1.54, 1.807) is 0 Å². The van der Waals surface area contributed by atoms with E-state index in [9.17, 15) is 4.39 Å². The topological polar surface area (TPSA) is 48.7 Å². The van der Waals surface area contributed by atoms with Crippen LogP contribution in [0.3, 0.4) is 0 Å². The van der Waals surface area contributed by atoms with E-state index in [1.165, 1.54) is 0 Å². The molecule has 0 aromatic rings. The molecule has 15 heavy (non-hydrogen) atoms. The Hall–Kier alpha value is -0.970. The van der Waals surface area contributed by atoms with Crippen molar-refractivity contribution >= 4 is 12.7 Å². The zero-order valence-electron chi connectivity index (χ0n) is 8.71. The van der Waals surface area contributed by atoms with Gasteiger partial charge in [-0.1, -0.05) is 0 Å². The van der Waals surface area contributed by atoms with Crippen LogP contribution >= 0.6 is 0 Å². The normalized spacial score (nSPS) is 35.1. The predicted octanol–water partition coefficient (Wildman–Crippen LogP) is 1.21. The number of hydrogen-bond donors (Lipinski definition) is 1. The molecular formula is C10H16FN3O. The number of hydrogen-bond acceptors (Lipinski definition) is 3. The van der Waals surface area contributed by atoms with Crippen molar-refractivity contribution in [3.05, 3.63) is 0 Å². The molecule has 2 fully saturated rings. The minimum absolute atomic E-state index is 0.168. The van der Waals surface area contributed by atoms with Crippen LogP contribution in [0.25, 0.3) is 0 Å². The third-order valence-corrected chi connectivity index (χ3v) is 3.38. The molecule has 0 aromatic carbocycles. The maximum Gasteiger partial charge on any atom is 0.308 e. The van der Waals surface area contributed by atoms with Crippen LogP contribution in [0.2, 0.25) is 0 Å². The minimum atomic E-state index is -0.750. The Morgan fingerprint density at radius 3 is 3.27 bits per heavy atom. The Bertz CT molecular complexity index is 284. The second-order valence-electron chi connectivity index (χ2n) is 4.33. The van der Waals surface area contributed by atoms with Gasteiger partial charge in [-0.15, -0.1) is 0 Å². The van der Waals surface area contributed by atoms with Crippen LogP contribution in [0.1, 0.15) is 19.3 Å². The molecule has 0 spiro atoms. The zero-order valence-corrected chi connectivity index (χ0v) is 8.71. The molecule has 2 aliphatic heterocycles. The summed E-state index contributed by atoms with van der Waals surface area (Å²) >= 11 is 0. The molecule has 0 aliphatic carbocycles. The molecular weight excluding hydrogens is 197 g/mol. The van der Waals surface area contributed by atoms with Crippen LogP contribution in [0.5, 0.6) is 0 Å². The number of fused-ring (bicyclic) bond motifs is 1. The highest BCUT2D eigenvalue weighted by Crippen LogP contribution is 2.40. The van der Waals surface area contributed by atoms with Crippen molar-refractivity contribution in [2.75, 3.05) is 19.7 Å². The summed E-state index contributed by atoms with van der Waals surface area (Å²) in [6.07, 6.45) is 1.82. The highest BCUT2D eigenvalue weighted by molar-refractivity contribution is 5.75. The fourth-order valence-electron chi connectivity index (χ4n) is 2.70. The van der Waals surface area contributed by atoms with Crippen molar-refractivity contribution in [3.63, 3.8) is 0 Å². The summed E-state index contributed by atoms with van der Waals surface area (Å²) in [4.78, 5) is 5.53. The average molecular weight is 213 g/mol. The Morgan fingerprint density at radius 1 is 1.73 bits per heavy atom. The van der Waals surface area contributed by atoms with E-state index < -0.39 is 6.17 Å². The molecule has 5 heteroatoms. The van der Waals surface area contributed by atoms with Crippen molar-refractivity contribution < 1.29 is 9.13 Å². The molecule has 2 atom stereocenters. The summed E-state index contributed by atoms with van der Waals surface area (Å²) in [6.45, 7) is 5.04. The molecule has 0 radical (unpaired) electrons. The number of alkyl halides is 1. The smallest absolute Gasteiger partial charge is 0.308 e. The van der Waals surface area contributed by atoms with Crippen LogP contribution in [0, 0.1) is 5.41 Å². The largest absolute Gasteiger partial charge is 0.462 e. The summed E-state index contributed by atoms with van der Waals surface area (Å²) in [5.74, 6) is 0. The van der Waals surface area contributed by atoms with Gasteiger partial charge in [-0.2, -0.15) is 0 Å². The highest BCUT2D eigenvalue weighted by Gasteiger charge is 2.49. The van der Waals surface area contributed by atoms with E-state index in [-0.39, 0.29) is 11.6 Å². The number of rotatable bonds is 2. The second kappa shape index (κ2) is 3.89. The first-order chi connectivity index (χ1) is 7.16. The van der Waals surface area contributed by atoms with Crippen molar-refractivity contribution in [1.82, 2.24) is 4.90 Å². The van der Waals surface area contributed by atoms with E-state index in [0.29, 0.717) is 19.6 Å². The third-order valence-electron chi connectivity index (χ3n) is 3.38. The van der Waals surface area contributed by atoms with Crippen LogP contribution in [-0.2, 0) is 4.74 Å². The summed E-state index contributed by atoms with van der Waals surface area (Å²) in [6, 6.07) is -0.168. The number of halogens is 1. The molecule has 1 N–H and O–H groups in total. The third kappa shape index (κ3) is 1.88. The number of nitrogens with one attached hydrogen (secondary N) is 1. The average Bonchev–Trinajstić information content (AvgIpc) is 2.70. The lowest BCUT2D eigenvalue weighted by molar-refractivity contribution is 0.105. The fraction of sp³-hybridized carbons (Fsp3) is 0.800. The Labute approximate surface area is 88.6 Å². The zero-order chi connectivity index (χ0) is 10.9. The number of nitrogens with zero attached hydrogens (tertiary/aromatic N) is 2. The quantitative estimate of drug-likeness (QED) is 0.553. The van der Waals surface area contributed by atoms with Crippen LogP contribution in [0.15, 0.2) is 4.99 Å². The van der Waals surface area contributed by atoms with E-state index >= 15 is 0 Å². The summed E-state index contributed by atoms with van der Waals surface area (Å²) in [7, 11) is 0. The number of aliphatic imine (C=N–C) groups is 1. The fourth-order valence-corrected chi connectivity index (χ4v) is 2.70. The first-order valence-corrected chi connectivity index (χ1v) is 5.23. The first kappa shape index (κ1) is 10.5. The summed E-state index contributed by atoms with van der Waals surface area (Å²) < 4.78 is 18.5. The number of amidine groups is 1. The van der Waals surface area contributed by atoms with Gasteiger partial charge in [0, 0.05) is 13.0 Å². The maximum absolute atomic E-state index is 13.3. The molecule has 1 unspecified atom stereocenters. The molecule has 0 bridgehead atoms. The standard InChI is InChI=1S/C10H16FN3O/c1-13-9(12)15-7-10-3-2-4-14(10)6-8(11)5-10/h8,12H,1-7H2/t8-,10?/m1/s1. The Balaban J connectivity index is 1.98. The molecule has 0 aromatic heterocycles. The molecule has 4 nitrogen and oxygen atoms in total. The SMILES string of the molecule is C=NC(=N)OCC12CCCN1C[C@H](F)C2. The van der Waals surface area contributed by atoms with Crippen molar-refractivity contribution in [3.8, 4) is 0 Å². The van der Waals surface area contributed by atoms with Gasteiger partial charge in [0.25, 0.3) is 0 Å². The summed E-state index contributed by atoms with van der Waals surface area (Å²) in [5.41, 5.74) is -0.184. The Kier molecular flexibility index (Phi) is 2.73. The molecule has 2 rings (SSSR count). The minimum Gasteiger partial charge on any atom is -0.462 e. The van der Waals surface area contributed by atoms with Crippen LogP contribution in [0.4, 0.5) is 4.39 Å². The van der Waals surface area contributed by atoms with Gasteiger partial charge >= 0.3 is 6.02 Å². The lowest BCUT2D eigenvalue weighted by Gasteiger charge is -2.30. The van der Waals surface area contributed by atoms with Gasteiger partial charge in [0.1, 0.15) is 12.8 Å². The van der Waals surface area contributed by atoms with Gasteiger partial charge in [-0.25, -0.2) is 14.8 Å². The van der Waals surface area contributed by atoms with Gasteiger partial charge in [0.15, 0.2) is 0 Å². The maximum atomic E-state index is 13.3. The van der Waals surface area contributed by atoms with Crippen molar-refractivity contribution in [2.45, 2.75) is 31.0 Å². The van der Waals surface area contributed by atoms with Gasteiger partial charge in [0.05, 0.1) is 5.54 Å². The molecule has 0 amide bonds. The van der Waals surface area contributed by atoms with Crippen molar-refractivity contribution in [2.24, 2.45) is 4.99 Å². The molecule has 2 aliphatic rings. The lowest BCUT2D eigenvalue weighted by Crippen LogP contribution is -2.42. The molecule has 84 valence electrons. The van der Waals surface area contributed by atoms with Gasteiger partial charge < -0.3 is 4.74 Å².